The molecule has 1 fully saturated rings. The molecule has 6 nitrogen and oxygen atoms in total. The van der Waals surface area contributed by atoms with E-state index in [1.807, 2.05) is 30.2 Å². The maximum atomic E-state index is 5.38. The number of rotatable bonds is 2. The topological polar surface area (TPSA) is 56.1 Å². The van der Waals surface area contributed by atoms with Gasteiger partial charge in [-0.3, -0.25) is 4.68 Å². The van der Waals surface area contributed by atoms with Crippen LogP contribution in [0.5, 0.6) is 0 Å². The Kier molecular flexibility index (Phi) is 3.23. The van der Waals surface area contributed by atoms with Crippen molar-refractivity contribution in [2.75, 3.05) is 31.2 Å². The standard InChI is InChI=1S/C16H17N5O/c1-20-15-3-2-12(10-13(15)11-18-20)14-4-5-17-16(19-14)21-6-8-22-9-7-21/h2-5,10-11H,6-9H2,1H3. The predicted octanol–water partition coefficient (Wildman–Crippen LogP) is 1.87. The first-order valence-corrected chi connectivity index (χ1v) is 7.39. The van der Waals surface area contributed by atoms with Crippen LogP contribution in [-0.2, 0) is 11.8 Å². The van der Waals surface area contributed by atoms with Crippen molar-refractivity contribution >= 4 is 16.9 Å². The number of hydrogen-bond acceptors (Lipinski definition) is 5. The highest BCUT2D eigenvalue weighted by Gasteiger charge is 2.14. The lowest BCUT2D eigenvalue weighted by Crippen LogP contribution is -2.37. The van der Waals surface area contributed by atoms with E-state index in [1.54, 1.807) is 0 Å². The first-order chi connectivity index (χ1) is 10.8. The molecule has 0 N–H and O–H groups in total. The highest BCUT2D eigenvalue weighted by molar-refractivity contribution is 5.83. The lowest BCUT2D eigenvalue weighted by atomic mass is 10.1. The third-order valence-electron chi connectivity index (χ3n) is 3.98. The molecule has 0 bridgehead atoms. The molecule has 1 saturated heterocycles. The van der Waals surface area contributed by atoms with E-state index in [4.69, 9.17) is 9.72 Å². The SMILES string of the molecule is Cn1ncc2cc(-c3ccnc(N4CCOCC4)n3)ccc21. The smallest absolute Gasteiger partial charge is 0.226 e. The van der Waals surface area contributed by atoms with E-state index in [1.165, 1.54) is 0 Å². The molecule has 3 heterocycles. The van der Waals surface area contributed by atoms with Gasteiger partial charge in [-0.25, -0.2) is 9.97 Å². The summed E-state index contributed by atoms with van der Waals surface area (Å²) < 4.78 is 7.25. The molecule has 3 aromatic rings. The van der Waals surface area contributed by atoms with Gasteiger partial charge in [0.15, 0.2) is 0 Å². The van der Waals surface area contributed by atoms with E-state index in [0.717, 1.165) is 54.4 Å². The van der Waals surface area contributed by atoms with Gasteiger partial charge < -0.3 is 9.64 Å². The summed E-state index contributed by atoms with van der Waals surface area (Å²) in [5, 5.41) is 5.40. The zero-order valence-corrected chi connectivity index (χ0v) is 12.4. The molecule has 1 aromatic carbocycles. The molecule has 1 aliphatic heterocycles. The number of ether oxygens (including phenoxy) is 1. The Morgan fingerprint density at radius 3 is 2.86 bits per heavy atom. The summed E-state index contributed by atoms with van der Waals surface area (Å²) in [6.45, 7) is 3.14. The summed E-state index contributed by atoms with van der Waals surface area (Å²) in [4.78, 5) is 11.3. The van der Waals surface area contributed by atoms with Crippen LogP contribution < -0.4 is 4.90 Å². The van der Waals surface area contributed by atoms with E-state index in [0.29, 0.717) is 0 Å². The second kappa shape index (κ2) is 5.38. The molecule has 0 radical (unpaired) electrons. The van der Waals surface area contributed by atoms with E-state index in [2.05, 4.69) is 33.2 Å². The first-order valence-electron chi connectivity index (χ1n) is 7.39. The third kappa shape index (κ3) is 2.31. The Balaban J connectivity index is 1.71. The van der Waals surface area contributed by atoms with Crippen molar-refractivity contribution in [3.63, 3.8) is 0 Å². The van der Waals surface area contributed by atoms with E-state index >= 15 is 0 Å². The Morgan fingerprint density at radius 1 is 1.14 bits per heavy atom. The maximum Gasteiger partial charge on any atom is 0.226 e. The summed E-state index contributed by atoms with van der Waals surface area (Å²) in [7, 11) is 1.95. The van der Waals surface area contributed by atoms with Crippen LogP contribution in [0, 0.1) is 0 Å². The van der Waals surface area contributed by atoms with Crippen molar-refractivity contribution in [2.45, 2.75) is 0 Å². The van der Waals surface area contributed by atoms with Gasteiger partial charge >= 0.3 is 0 Å². The monoisotopic (exact) mass is 295 g/mol. The summed E-state index contributed by atoms with van der Waals surface area (Å²) in [5.74, 6) is 0.770. The Morgan fingerprint density at radius 2 is 2.00 bits per heavy atom. The molecule has 4 rings (SSSR count). The van der Waals surface area contributed by atoms with Crippen LogP contribution in [0.15, 0.2) is 36.7 Å². The fourth-order valence-corrected chi connectivity index (χ4v) is 2.75. The number of nitrogens with zero attached hydrogens (tertiary/aromatic N) is 5. The van der Waals surface area contributed by atoms with Gasteiger partial charge in [-0.15, -0.1) is 0 Å². The zero-order chi connectivity index (χ0) is 14.9. The minimum atomic E-state index is 0.731. The number of fused-ring (bicyclic) bond motifs is 1. The molecule has 0 unspecified atom stereocenters. The van der Waals surface area contributed by atoms with Crippen LogP contribution in [0.4, 0.5) is 5.95 Å². The molecule has 0 saturated carbocycles. The van der Waals surface area contributed by atoms with E-state index in [-0.39, 0.29) is 0 Å². The van der Waals surface area contributed by atoms with Gasteiger partial charge in [-0.2, -0.15) is 5.10 Å². The molecule has 0 atom stereocenters. The molecule has 0 aliphatic carbocycles. The minimum Gasteiger partial charge on any atom is -0.378 e. The van der Waals surface area contributed by atoms with Crippen molar-refractivity contribution < 1.29 is 4.74 Å². The molecule has 1 aliphatic rings. The molecule has 112 valence electrons. The van der Waals surface area contributed by atoms with Crippen molar-refractivity contribution in [2.24, 2.45) is 7.05 Å². The minimum absolute atomic E-state index is 0.731. The van der Waals surface area contributed by atoms with Crippen LogP contribution in [0.2, 0.25) is 0 Å². The number of benzene rings is 1. The molecule has 2 aromatic heterocycles. The highest BCUT2D eigenvalue weighted by atomic mass is 16.5. The lowest BCUT2D eigenvalue weighted by molar-refractivity contribution is 0.122. The van der Waals surface area contributed by atoms with Gasteiger partial charge in [0.2, 0.25) is 5.95 Å². The summed E-state index contributed by atoms with van der Waals surface area (Å²) >= 11 is 0. The predicted molar refractivity (Wildman–Crippen MR) is 84.8 cm³/mol. The second-order valence-electron chi connectivity index (χ2n) is 5.38. The van der Waals surface area contributed by atoms with E-state index in [9.17, 15) is 0 Å². The Hall–Kier alpha value is -2.47. The van der Waals surface area contributed by atoms with Crippen LogP contribution >= 0.6 is 0 Å². The van der Waals surface area contributed by atoms with Crippen LogP contribution in [-0.4, -0.2) is 46.1 Å². The summed E-state index contributed by atoms with van der Waals surface area (Å²) in [5.41, 5.74) is 3.13. The number of morpholine rings is 1. The second-order valence-corrected chi connectivity index (χ2v) is 5.38. The van der Waals surface area contributed by atoms with E-state index < -0.39 is 0 Å². The number of aromatic nitrogens is 4. The lowest BCUT2D eigenvalue weighted by Gasteiger charge is -2.26. The van der Waals surface area contributed by atoms with Crippen LogP contribution in [0.25, 0.3) is 22.2 Å². The largest absolute Gasteiger partial charge is 0.378 e. The summed E-state index contributed by atoms with van der Waals surface area (Å²) in [6.07, 6.45) is 3.70. The quantitative estimate of drug-likeness (QED) is 0.722. The fourth-order valence-electron chi connectivity index (χ4n) is 2.75. The molecular formula is C16H17N5O. The fraction of sp³-hybridized carbons (Fsp3) is 0.312. The zero-order valence-electron chi connectivity index (χ0n) is 12.4. The Labute approximate surface area is 128 Å². The number of anilines is 1. The van der Waals surface area contributed by atoms with Gasteiger partial charge in [0.05, 0.1) is 30.6 Å². The highest BCUT2D eigenvalue weighted by Crippen LogP contribution is 2.24. The normalized spacial score (nSPS) is 15.4. The average Bonchev–Trinajstić information content (AvgIpc) is 2.96. The van der Waals surface area contributed by atoms with Crippen molar-refractivity contribution in [1.29, 1.82) is 0 Å². The Bertz CT molecular complexity index is 807. The molecule has 0 spiro atoms. The molecule has 22 heavy (non-hydrogen) atoms. The van der Waals surface area contributed by atoms with Gasteiger partial charge in [0.25, 0.3) is 0 Å². The third-order valence-corrected chi connectivity index (χ3v) is 3.98. The van der Waals surface area contributed by atoms with Gasteiger partial charge in [0, 0.05) is 37.3 Å². The van der Waals surface area contributed by atoms with Crippen molar-refractivity contribution in [1.82, 2.24) is 19.7 Å². The molecular weight excluding hydrogens is 278 g/mol. The van der Waals surface area contributed by atoms with Crippen LogP contribution in [0.1, 0.15) is 0 Å². The van der Waals surface area contributed by atoms with Gasteiger partial charge in [-0.05, 0) is 18.2 Å². The van der Waals surface area contributed by atoms with Gasteiger partial charge in [-0.1, -0.05) is 6.07 Å². The van der Waals surface area contributed by atoms with Crippen LogP contribution in [0.3, 0.4) is 0 Å². The van der Waals surface area contributed by atoms with Crippen molar-refractivity contribution in [3.05, 3.63) is 36.7 Å². The first kappa shape index (κ1) is 13.2. The number of hydrogen-bond donors (Lipinski definition) is 0. The average molecular weight is 295 g/mol. The van der Waals surface area contributed by atoms with Gasteiger partial charge in [0.1, 0.15) is 0 Å². The summed E-state index contributed by atoms with van der Waals surface area (Å²) in [6, 6.07) is 8.22. The maximum absolute atomic E-state index is 5.38. The van der Waals surface area contributed by atoms with Crippen molar-refractivity contribution in [3.8, 4) is 11.3 Å². The number of aryl methyl sites for hydroxylation is 1. The molecule has 6 heteroatoms. The molecule has 0 amide bonds.